The second-order valence-electron chi connectivity index (χ2n) is 3.15. The Balaban J connectivity index is 3.53. The van der Waals surface area contributed by atoms with Crippen LogP contribution in [-0.2, 0) is 5.33 Å². The Morgan fingerprint density at radius 1 is 1.47 bits per heavy atom. The SMILES string of the molecule is O=C(O)c1c(CBr)ncc(C(F)F)c1OC(F)(F)F. The second kappa shape index (κ2) is 5.68. The quantitative estimate of drug-likeness (QED) is 0.667. The van der Waals surface area contributed by atoms with Gasteiger partial charge in [-0.3, -0.25) is 4.98 Å². The van der Waals surface area contributed by atoms with Gasteiger partial charge in [-0.25, -0.2) is 13.6 Å². The summed E-state index contributed by atoms with van der Waals surface area (Å²) in [5.41, 5.74) is -2.64. The van der Waals surface area contributed by atoms with Gasteiger partial charge in [0.15, 0.2) is 5.75 Å². The van der Waals surface area contributed by atoms with Crippen LogP contribution >= 0.6 is 15.9 Å². The van der Waals surface area contributed by atoms with Gasteiger partial charge in [0.05, 0.1) is 11.3 Å². The third kappa shape index (κ3) is 3.75. The van der Waals surface area contributed by atoms with Crippen LogP contribution < -0.4 is 4.74 Å². The van der Waals surface area contributed by atoms with Crippen molar-refractivity contribution in [3.05, 3.63) is 23.0 Å². The van der Waals surface area contributed by atoms with Gasteiger partial charge in [0.2, 0.25) is 0 Å². The van der Waals surface area contributed by atoms with Crippen molar-refractivity contribution in [3.8, 4) is 5.75 Å². The van der Waals surface area contributed by atoms with Crippen LogP contribution in [0, 0.1) is 0 Å². The molecule has 0 fully saturated rings. The zero-order valence-corrected chi connectivity index (χ0v) is 10.4. The topological polar surface area (TPSA) is 59.4 Å². The molecule has 1 aromatic heterocycles. The highest BCUT2D eigenvalue weighted by Gasteiger charge is 2.37. The van der Waals surface area contributed by atoms with E-state index in [2.05, 4.69) is 25.7 Å². The minimum Gasteiger partial charge on any atom is -0.477 e. The van der Waals surface area contributed by atoms with Crippen molar-refractivity contribution in [1.29, 1.82) is 0 Å². The molecule has 106 valence electrons. The van der Waals surface area contributed by atoms with Crippen molar-refractivity contribution in [2.45, 2.75) is 18.1 Å². The van der Waals surface area contributed by atoms with E-state index in [0.717, 1.165) is 0 Å². The van der Waals surface area contributed by atoms with Crippen LogP contribution in [0.3, 0.4) is 0 Å². The molecule has 0 saturated carbocycles. The van der Waals surface area contributed by atoms with Crippen LogP contribution in [0.15, 0.2) is 6.20 Å². The molecule has 1 heterocycles. The molecule has 0 unspecified atom stereocenters. The van der Waals surface area contributed by atoms with Crippen molar-refractivity contribution in [3.63, 3.8) is 0 Å². The number of hydrogen-bond donors (Lipinski definition) is 1. The average molecular weight is 350 g/mol. The molecular weight excluding hydrogens is 345 g/mol. The van der Waals surface area contributed by atoms with Crippen LogP contribution in [0.2, 0.25) is 0 Å². The van der Waals surface area contributed by atoms with Crippen molar-refractivity contribution < 1.29 is 36.6 Å². The fourth-order valence-electron chi connectivity index (χ4n) is 1.25. The number of nitrogens with zero attached hydrogens (tertiary/aromatic N) is 1. The lowest BCUT2D eigenvalue weighted by Gasteiger charge is -2.16. The van der Waals surface area contributed by atoms with Crippen molar-refractivity contribution in [1.82, 2.24) is 4.98 Å². The Kier molecular flexibility index (Phi) is 4.66. The van der Waals surface area contributed by atoms with Crippen LogP contribution in [0.1, 0.15) is 28.0 Å². The summed E-state index contributed by atoms with van der Waals surface area (Å²) in [6.45, 7) is 0. The van der Waals surface area contributed by atoms with Gasteiger partial charge in [0.1, 0.15) is 5.56 Å². The molecule has 0 radical (unpaired) electrons. The Hall–Kier alpha value is -1.45. The predicted octanol–water partition coefficient (Wildman–Crippen LogP) is 3.51. The lowest BCUT2D eigenvalue weighted by atomic mass is 10.1. The van der Waals surface area contributed by atoms with Crippen molar-refractivity contribution in [2.24, 2.45) is 0 Å². The number of carboxylic acids is 1. The molecule has 0 aliphatic rings. The number of alkyl halides is 6. The van der Waals surface area contributed by atoms with Gasteiger partial charge in [0, 0.05) is 11.5 Å². The van der Waals surface area contributed by atoms with Crippen molar-refractivity contribution in [2.75, 3.05) is 0 Å². The fraction of sp³-hybridized carbons (Fsp3) is 0.333. The third-order valence-electron chi connectivity index (χ3n) is 1.93. The maximum Gasteiger partial charge on any atom is 0.573 e. The van der Waals surface area contributed by atoms with Crippen LogP contribution in [0.5, 0.6) is 5.75 Å². The number of aromatic nitrogens is 1. The molecular formula is C9H5BrF5NO3. The predicted molar refractivity (Wildman–Crippen MR) is 55.5 cm³/mol. The smallest absolute Gasteiger partial charge is 0.477 e. The van der Waals surface area contributed by atoms with E-state index >= 15 is 0 Å². The fourth-order valence-corrected chi connectivity index (χ4v) is 1.67. The molecule has 10 heteroatoms. The molecule has 1 rings (SSSR count). The summed E-state index contributed by atoms with van der Waals surface area (Å²) < 4.78 is 65.1. The summed E-state index contributed by atoms with van der Waals surface area (Å²) >= 11 is 2.80. The number of hydrogen-bond acceptors (Lipinski definition) is 3. The van der Waals surface area contributed by atoms with Crippen LogP contribution in [-0.4, -0.2) is 22.4 Å². The molecule has 0 bridgehead atoms. The Labute approximate surface area is 111 Å². The molecule has 0 saturated heterocycles. The maximum absolute atomic E-state index is 12.6. The van der Waals surface area contributed by atoms with Gasteiger partial charge in [-0.15, -0.1) is 13.2 Å². The first-order valence-corrected chi connectivity index (χ1v) is 5.64. The van der Waals surface area contributed by atoms with E-state index in [1.54, 1.807) is 0 Å². The second-order valence-corrected chi connectivity index (χ2v) is 3.71. The van der Waals surface area contributed by atoms with Gasteiger partial charge in [-0.2, -0.15) is 0 Å². The molecule has 0 spiro atoms. The number of carbonyl (C=O) groups is 1. The summed E-state index contributed by atoms with van der Waals surface area (Å²) in [7, 11) is 0. The summed E-state index contributed by atoms with van der Waals surface area (Å²) in [6.07, 6.45) is -8.19. The molecule has 4 nitrogen and oxygen atoms in total. The van der Waals surface area contributed by atoms with Gasteiger partial charge in [0.25, 0.3) is 6.43 Å². The molecule has 0 atom stereocenters. The zero-order valence-electron chi connectivity index (χ0n) is 8.84. The number of ether oxygens (including phenoxy) is 1. The monoisotopic (exact) mass is 349 g/mol. The van der Waals surface area contributed by atoms with E-state index < -0.39 is 35.6 Å². The molecule has 1 N–H and O–H groups in total. The van der Waals surface area contributed by atoms with E-state index in [0.29, 0.717) is 6.20 Å². The minimum absolute atomic E-state index is 0.230. The van der Waals surface area contributed by atoms with E-state index in [-0.39, 0.29) is 11.0 Å². The Morgan fingerprint density at radius 3 is 2.42 bits per heavy atom. The number of aromatic carboxylic acids is 1. The van der Waals surface area contributed by atoms with E-state index in [9.17, 15) is 26.7 Å². The summed E-state index contributed by atoms with van der Waals surface area (Å²) in [4.78, 5) is 14.3. The number of rotatable bonds is 4. The molecule has 1 aromatic rings. The molecule has 0 aliphatic carbocycles. The molecule has 0 aliphatic heterocycles. The van der Waals surface area contributed by atoms with Gasteiger partial charge in [-0.05, 0) is 0 Å². The van der Waals surface area contributed by atoms with Gasteiger partial charge < -0.3 is 9.84 Å². The normalized spacial score (nSPS) is 11.7. The van der Waals surface area contributed by atoms with Crippen molar-refractivity contribution >= 4 is 21.9 Å². The molecule has 0 aromatic carbocycles. The largest absolute Gasteiger partial charge is 0.573 e. The van der Waals surface area contributed by atoms with E-state index in [1.165, 1.54) is 0 Å². The van der Waals surface area contributed by atoms with E-state index in [4.69, 9.17) is 5.11 Å². The van der Waals surface area contributed by atoms with Gasteiger partial charge >= 0.3 is 12.3 Å². The first kappa shape index (κ1) is 15.6. The average Bonchev–Trinajstić information content (AvgIpc) is 2.25. The summed E-state index contributed by atoms with van der Waals surface area (Å²) in [6, 6.07) is 0. The Bertz CT molecular complexity index is 491. The summed E-state index contributed by atoms with van der Waals surface area (Å²) in [5, 5.41) is 8.60. The summed E-state index contributed by atoms with van der Waals surface area (Å²) in [5.74, 6) is -3.29. The lowest BCUT2D eigenvalue weighted by Crippen LogP contribution is -2.21. The highest BCUT2D eigenvalue weighted by Crippen LogP contribution is 2.37. The lowest BCUT2D eigenvalue weighted by molar-refractivity contribution is -0.275. The molecule has 0 amide bonds. The van der Waals surface area contributed by atoms with Crippen LogP contribution in [0.25, 0.3) is 0 Å². The minimum atomic E-state index is -5.29. The van der Waals surface area contributed by atoms with Gasteiger partial charge in [-0.1, -0.05) is 15.9 Å². The first-order chi connectivity index (χ1) is 8.67. The van der Waals surface area contributed by atoms with E-state index in [1.807, 2.05) is 0 Å². The maximum atomic E-state index is 12.6. The number of pyridine rings is 1. The first-order valence-electron chi connectivity index (χ1n) is 4.52. The third-order valence-corrected chi connectivity index (χ3v) is 2.46. The zero-order chi connectivity index (χ0) is 14.8. The number of halogens is 6. The Morgan fingerprint density at radius 2 is 2.05 bits per heavy atom. The highest BCUT2D eigenvalue weighted by molar-refractivity contribution is 9.08. The number of carboxylic acid groups (broad SMARTS) is 1. The van der Waals surface area contributed by atoms with Crippen LogP contribution in [0.4, 0.5) is 22.0 Å². The highest BCUT2D eigenvalue weighted by atomic mass is 79.9. The molecule has 19 heavy (non-hydrogen) atoms. The standard InChI is InChI=1S/C9H5BrF5NO3/c10-1-4-5(8(17)18)6(19-9(13,14)15)3(2-16-4)7(11)12/h2,7H,1H2,(H,17,18).